The summed E-state index contributed by atoms with van der Waals surface area (Å²) in [4.78, 5) is 29.9. The Morgan fingerprint density at radius 2 is 2.16 bits per heavy atom. The van der Waals surface area contributed by atoms with Crippen LogP contribution in [0.1, 0.15) is 31.1 Å². The van der Waals surface area contributed by atoms with Gasteiger partial charge in [0, 0.05) is 30.9 Å². The smallest absolute Gasteiger partial charge is 0.325 e. The van der Waals surface area contributed by atoms with Crippen molar-refractivity contribution < 1.29 is 14.3 Å². The number of carbonyl (C=O) groups excluding carboxylic acids is 2. The Hall–Kier alpha value is -2.97. The average Bonchev–Trinajstić information content (AvgIpc) is 3.16. The van der Waals surface area contributed by atoms with Crippen LogP contribution in [-0.4, -0.2) is 50.0 Å². The van der Waals surface area contributed by atoms with E-state index in [1.165, 1.54) is 12.0 Å². The van der Waals surface area contributed by atoms with Crippen LogP contribution in [0.15, 0.2) is 24.5 Å². The predicted octanol–water partition coefficient (Wildman–Crippen LogP) is 0.926. The predicted molar refractivity (Wildman–Crippen MR) is 87.8 cm³/mol. The molecule has 0 spiro atoms. The van der Waals surface area contributed by atoms with Crippen molar-refractivity contribution in [1.82, 2.24) is 30.2 Å². The number of methoxy groups -OCH3 is 1. The molecular formula is C16H20N6O3. The summed E-state index contributed by atoms with van der Waals surface area (Å²) in [5.41, 5.74) is 1.43. The van der Waals surface area contributed by atoms with E-state index in [2.05, 4.69) is 20.6 Å². The number of rotatable bonds is 6. The van der Waals surface area contributed by atoms with Gasteiger partial charge in [0.05, 0.1) is 19.3 Å². The maximum Gasteiger partial charge on any atom is 0.325 e. The maximum absolute atomic E-state index is 12.6. The number of urea groups is 1. The Morgan fingerprint density at radius 1 is 1.36 bits per heavy atom. The average molecular weight is 344 g/mol. The van der Waals surface area contributed by atoms with Gasteiger partial charge in [0.2, 0.25) is 5.88 Å². The Balaban J connectivity index is 1.68. The fourth-order valence-corrected chi connectivity index (χ4v) is 2.58. The van der Waals surface area contributed by atoms with Crippen LogP contribution < -0.4 is 10.1 Å². The SMILES string of the molecule is COc1cc(CN2C(=O)NC(Cc3cn(C(C)C)nn3)C2=O)ccn1. The molecule has 3 rings (SSSR count). The minimum absolute atomic E-state index is 0.165. The lowest BCUT2D eigenvalue weighted by Crippen LogP contribution is -2.32. The van der Waals surface area contributed by atoms with Crippen LogP contribution in [0, 0.1) is 0 Å². The molecule has 1 unspecified atom stereocenters. The normalized spacial score (nSPS) is 17.3. The Labute approximate surface area is 145 Å². The van der Waals surface area contributed by atoms with Gasteiger partial charge >= 0.3 is 6.03 Å². The van der Waals surface area contributed by atoms with E-state index in [1.54, 1.807) is 29.2 Å². The molecule has 1 aliphatic rings. The summed E-state index contributed by atoms with van der Waals surface area (Å²) in [6.45, 7) is 4.15. The highest BCUT2D eigenvalue weighted by molar-refractivity contribution is 6.04. The van der Waals surface area contributed by atoms with Gasteiger partial charge in [-0.2, -0.15) is 0 Å². The van der Waals surface area contributed by atoms with Crippen molar-refractivity contribution in [3.8, 4) is 5.88 Å². The summed E-state index contributed by atoms with van der Waals surface area (Å²) in [5, 5.41) is 10.8. The van der Waals surface area contributed by atoms with Gasteiger partial charge in [-0.15, -0.1) is 5.10 Å². The molecule has 0 bridgehead atoms. The zero-order valence-electron chi connectivity index (χ0n) is 14.3. The zero-order valence-corrected chi connectivity index (χ0v) is 14.3. The van der Waals surface area contributed by atoms with E-state index >= 15 is 0 Å². The third-order valence-corrected chi connectivity index (χ3v) is 3.96. The molecule has 1 aliphatic heterocycles. The molecule has 0 radical (unpaired) electrons. The summed E-state index contributed by atoms with van der Waals surface area (Å²) < 4.78 is 6.78. The number of amides is 3. The molecule has 132 valence electrons. The summed E-state index contributed by atoms with van der Waals surface area (Å²) in [7, 11) is 1.51. The fraction of sp³-hybridized carbons (Fsp3) is 0.438. The van der Waals surface area contributed by atoms with Crippen LogP contribution in [0.4, 0.5) is 4.79 Å². The van der Waals surface area contributed by atoms with Crippen molar-refractivity contribution in [3.63, 3.8) is 0 Å². The van der Waals surface area contributed by atoms with Crippen LogP contribution in [-0.2, 0) is 17.8 Å². The van der Waals surface area contributed by atoms with E-state index in [9.17, 15) is 9.59 Å². The van der Waals surface area contributed by atoms with E-state index < -0.39 is 12.1 Å². The summed E-state index contributed by atoms with van der Waals surface area (Å²) >= 11 is 0. The van der Waals surface area contributed by atoms with Gasteiger partial charge in [-0.05, 0) is 25.5 Å². The van der Waals surface area contributed by atoms with Crippen molar-refractivity contribution in [1.29, 1.82) is 0 Å². The number of nitrogens with one attached hydrogen (secondary N) is 1. The van der Waals surface area contributed by atoms with Crippen LogP contribution in [0.3, 0.4) is 0 Å². The van der Waals surface area contributed by atoms with Crippen LogP contribution in [0.2, 0.25) is 0 Å². The topological polar surface area (TPSA) is 102 Å². The molecule has 3 heterocycles. The quantitative estimate of drug-likeness (QED) is 0.782. The van der Waals surface area contributed by atoms with Crippen molar-refractivity contribution in [2.24, 2.45) is 0 Å². The summed E-state index contributed by atoms with van der Waals surface area (Å²) in [6, 6.07) is 2.58. The number of carbonyl (C=O) groups is 2. The van der Waals surface area contributed by atoms with Gasteiger partial charge in [-0.3, -0.25) is 9.69 Å². The minimum Gasteiger partial charge on any atom is -0.481 e. The van der Waals surface area contributed by atoms with Crippen molar-refractivity contribution in [3.05, 3.63) is 35.8 Å². The molecule has 2 aromatic rings. The monoisotopic (exact) mass is 344 g/mol. The number of aromatic nitrogens is 4. The van der Waals surface area contributed by atoms with Gasteiger partial charge < -0.3 is 10.1 Å². The number of pyridine rings is 1. The van der Waals surface area contributed by atoms with Crippen LogP contribution >= 0.6 is 0 Å². The third-order valence-electron chi connectivity index (χ3n) is 3.96. The third kappa shape index (κ3) is 3.59. The largest absolute Gasteiger partial charge is 0.481 e. The second-order valence-corrected chi connectivity index (χ2v) is 6.12. The molecule has 0 aliphatic carbocycles. The molecule has 9 nitrogen and oxygen atoms in total. The molecule has 1 atom stereocenters. The lowest BCUT2D eigenvalue weighted by Gasteiger charge is -2.13. The highest BCUT2D eigenvalue weighted by Gasteiger charge is 2.38. The van der Waals surface area contributed by atoms with Gasteiger partial charge in [0.25, 0.3) is 5.91 Å². The van der Waals surface area contributed by atoms with E-state index in [1.807, 2.05) is 13.8 Å². The molecule has 3 amide bonds. The van der Waals surface area contributed by atoms with E-state index in [4.69, 9.17) is 4.74 Å². The minimum atomic E-state index is -0.631. The molecule has 1 fully saturated rings. The summed E-state index contributed by atoms with van der Waals surface area (Å²) in [5.74, 6) is 0.159. The standard InChI is InChI=1S/C16H20N6O3/c1-10(2)22-9-12(19-20-22)7-13-15(23)21(16(24)18-13)8-11-4-5-17-14(6-11)25-3/h4-6,9-10,13H,7-8H2,1-3H3,(H,18,24). The Morgan fingerprint density at radius 3 is 2.84 bits per heavy atom. The van der Waals surface area contributed by atoms with Crippen molar-refractivity contribution in [2.75, 3.05) is 7.11 Å². The van der Waals surface area contributed by atoms with Crippen molar-refractivity contribution >= 4 is 11.9 Å². The maximum atomic E-state index is 12.6. The molecule has 25 heavy (non-hydrogen) atoms. The van der Waals surface area contributed by atoms with E-state index in [-0.39, 0.29) is 18.5 Å². The van der Waals surface area contributed by atoms with Gasteiger partial charge in [0.1, 0.15) is 6.04 Å². The van der Waals surface area contributed by atoms with E-state index in [0.717, 1.165) is 5.56 Å². The first-order valence-electron chi connectivity index (χ1n) is 7.99. The van der Waals surface area contributed by atoms with Gasteiger partial charge in [-0.25, -0.2) is 14.5 Å². The second-order valence-electron chi connectivity index (χ2n) is 6.12. The highest BCUT2D eigenvalue weighted by Crippen LogP contribution is 2.17. The molecular weight excluding hydrogens is 324 g/mol. The Kier molecular flexibility index (Phi) is 4.64. The van der Waals surface area contributed by atoms with Crippen LogP contribution in [0.5, 0.6) is 5.88 Å². The summed E-state index contributed by atoms with van der Waals surface area (Å²) in [6.07, 6.45) is 3.68. The number of ether oxygens (including phenoxy) is 1. The van der Waals surface area contributed by atoms with E-state index in [0.29, 0.717) is 18.0 Å². The zero-order chi connectivity index (χ0) is 18.0. The molecule has 2 aromatic heterocycles. The molecule has 0 saturated carbocycles. The lowest BCUT2D eigenvalue weighted by atomic mass is 10.1. The van der Waals surface area contributed by atoms with Gasteiger partial charge in [0.15, 0.2) is 0 Å². The molecule has 0 aromatic carbocycles. The molecule has 9 heteroatoms. The number of hydrogen-bond donors (Lipinski definition) is 1. The highest BCUT2D eigenvalue weighted by atomic mass is 16.5. The number of nitrogens with zero attached hydrogens (tertiary/aromatic N) is 5. The van der Waals surface area contributed by atoms with Crippen LogP contribution in [0.25, 0.3) is 0 Å². The first-order chi connectivity index (χ1) is 12.0. The Bertz CT molecular complexity index is 788. The first-order valence-corrected chi connectivity index (χ1v) is 7.99. The number of hydrogen-bond acceptors (Lipinski definition) is 6. The molecule has 1 N–H and O–H groups in total. The fourth-order valence-electron chi connectivity index (χ4n) is 2.58. The second kappa shape index (κ2) is 6.88. The van der Waals surface area contributed by atoms with Gasteiger partial charge in [-0.1, -0.05) is 5.21 Å². The lowest BCUT2D eigenvalue weighted by molar-refractivity contribution is -0.127. The molecule has 1 saturated heterocycles. The number of imide groups is 1. The van der Waals surface area contributed by atoms with Crippen molar-refractivity contribution in [2.45, 2.75) is 38.9 Å². The first kappa shape index (κ1) is 16.9.